The zero-order chi connectivity index (χ0) is 17.5. The molecule has 1 atom stereocenters. The van der Waals surface area contributed by atoms with E-state index in [2.05, 4.69) is 28.6 Å². The SMILES string of the molecule is CCc1cccc(Oc2ccc(NC(=O)CCC3CCNC3)cn2)c1.Cl.Cl. The van der Waals surface area contributed by atoms with Crippen LogP contribution in [0.15, 0.2) is 42.6 Å². The van der Waals surface area contributed by atoms with Gasteiger partial charge in [0.2, 0.25) is 11.8 Å². The highest BCUT2D eigenvalue weighted by Gasteiger charge is 2.15. The van der Waals surface area contributed by atoms with Crippen LogP contribution in [0.2, 0.25) is 0 Å². The van der Waals surface area contributed by atoms with Crippen molar-refractivity contribution < 1.29 is 9.53 Å². The number of pyridine rings is 1. The standard InChI is InChI=1S/C20H25N3O2.2ClH/c1-2-15-4-3-5-18(12-15)25-20-9-7-17(14-22-20)23-19(24)8-6-16-10-11-21-13-16;;/h3-5,7,9,12,14,16,21H,2,6,8,10-11,13H2,1H3,(H,23,24);2*1H. The van der Waals surface area contributed by atoms with Crippen molar-refractivity contribution in [2.75, 3.05) is 18.4 Å². The Morgan fingerprint density at radius 1 is 1.30 bits per heavy atom. The summed E-state index contributed by atoms with van der Waals surface area (Å²) in [5, 5.41) is 6.22. The normalized spacial score (nSPS) is 15.4. The average molecular weight is 412 g/mol. The van der Waals surface area contributed by atoms with Gasteiger partial charge in [0, 0.05) is 12.5 Å². The van der Waals surface area contributed by atoms with Crippen LogP contribution in [0.4, 0.5) is 5.69 Å². The molecule has 0 spiro atoms. The molecule has 2 heterocycles. The molecule has 0 aliphatic carbocycles. The Balaban J connectivity index is 0.00000182. The Kier molecular flexibility index (Phi) is 10.1. The summed E-state index contributed by atoms with van der Waals surface area (Å²) in [4.78, 5) is 16.3. The summed E-state index contributed by atoms with van der Waals surface area (Å²) in [6.07, 6.45) is 5.25. The lowest BCUT2D eigenvalue weighted by Crippen LogP contribution is -2.15. The van der Waals surface area contributed by atoms with Crippen LogP contribution < -0.4 is 15.4 Å². The van der Waals surface area contributed by atoms with Gasteiger partial charge in [-0.15, -0.1) is 24.8 Å². The number of aryl methyl sites for hydroxylation is 1. The molecule has 0 saturated carbocycles. The minimum atomic E-state index is 0. The molecule has 7 heteroatoms. The van der Waals surface area contributed by atoms with E-state index in [1.165, 1.54) is 12.0 Å². The quantitative estimate of drug-likeness (QED) is 0.697. The van der Waals surface area contributed by atoms with E-state index in [1.807, 2.05) is 24.3 Å². The summed E-state index contributed by atoms with van der Waals surface area (Å²) in [5.74, 6) is 1.95. The number of halogens is 2. The van der Waals surface area contributed by atoms with Gasteiger partial charge in [0.05, 0.1) is 11.9 Å². The van der Waals surface area contributed by atoms with Crippen LogP contribution in [-0.2, 0) is 11.2 Å². The first-order valence-corrected chi connectivity index (χ1v) is 8.96. The molecule has 1 aliphatic heterocycles. The first kappa shape index (κ1) is 23.2. The largest absolute Gasteiger partial charge is 0.439 e. The number of benzene rings is 1. The van der Waals surface area contributed by atoms with Gasteiger partial charge in [-0.3, -0.25) is 4.79 Å². The second-order valence-electron chi connectivity index (χ2n) is 6.43. The molecule has 148 valence electrons. The van der Waals surface area contributed by atoms with Crippen LogP contribution >= 0.6 is 24.8 Å². The summed E-state index contributed by atoms with van der Waals surface area (Å²) in [5.41, 5.74) is 1.92. The van der Waals surface area contributed by atoms with E-state index in [9.17, 15) is 4.79 Å². The van der Waals surface area contributed by atoms with Crippen molar-refractivity contribution in [3.63, 3.8) is 0 Å². The van der Waals surface area contributed by atoms with Crippen molar-refractivity contribution in [1.29, 1.82) is 0 Å². The Morgan fingerprint density at radius 3 is 2.81 bits per heavy atom. The number of hydrogen-bond donors (Lipinski definition) is 2. The third kappa shape index (κ3) is 7.37. The smallest absolute Gasteiger partial charge is 0.224 e. The van der Waals surface area contributed by atoms with E-state index in [1.54, 1.807) is 12.3 Å². The van der Waals surface area contributed by atoms with E-state index in [0.29, 0.717) is 23.9 Å². The fourth-order valence-corrected chi connectivity index (χ4v) is 2.98. The number of amides is 1. The zero-order valence-electron chi connectivity index (χ0n) is 15.4. The monoisotopic (exact) mass is 411 g/mol. The van der Waals surface area contributed by atoms with Gasteiger partial charge in [0.25, 0.3) is 0 Å². The topological polar surface area (TPSA) is 63.2 Å². The maximum absolute atomic E-state index is 12.0. The van der Waals surface area contributed by atoms with Crippen LogP contribution in [0.25, 0.3) is 0 Å². The highest BCUT2D eigenvalue weighted by atomic mass is 35.5. The number of aromatic nitrogens is 1. The van der Waals surface area contributed by atoms with Crippen LogP contribution in [-0.4, -0.2) is 24.0 Å². The highest BCUT2D eigenvalue weighted by molar-refractivity contribution is 5.90. The molecule has 1 saturated heterocycles. The summed E-state index contributed by atoms with van der Waals surface area (Å²) in [7, 11) is 0. The second-order valence-corrected chi connectivity index (χ2v) is 6.43. The predicted molar refractivity (Wildman–Crippen MR) is 113 cm³/mol. The van der Waals surface area contributed by atoms with Crippen LogP contribution in [0, 0.1) is 5.92 Å². The van der Waals surface area contributed by atoms with E-state index in [0.717, 1.165) is 31.7 Å². The fraction of sp³-hybridized carbons (Fsp3) is 0.400. The molecular formula is C20H27Cl2N3O2. The second kappa shape index (κ2) is 11.8. The van der Waals surface area contributed by atoms with Crippen molar-refractivity contribution in [2.24, 2.45) is 5.92 Å². The van der Waals surface area contributed by atoms with Crippen molar-refractivity contribution in [3.05, 3.63) is 48.2 Å². The maximum Gasteiger partial charge on any atom is 0.224 e. The van der Waals surface area contributed by atoms with Crippen molar-refractivity contribution in [2.45, 2.75) is 32.6 Å². The summed E-state index contributed by atoms with van der Waals surface area (Å²) < 4.78 is 5.77. The number of carbonyl (C=O) groups is 1. The number of rotatable bonds is 7. The number of nitrogens with one attached hydrogen (secondary N) is 2. The highest BCUT2D eigenvalue weighted by Crippen LogP contribution is 2.22. The van der Waals surface area contributed by atoms with Gasteiger partial charge in [-0.2, -0.15) is 0 Å². The number of hydrogen-bond acceptors (Lipinski definition) is 4. The molecule has 1 fully saturated rings. The molecule has 0 radical (unpaired) electrons. The van der Waals surface area contributed by atoms with E-state index >= 15 is 0 Å². The van der Waals surface area contributed by atoms with E-state index in [-0.39, 0.29) is 30.7 Å². The lowest BCUT2D eigenvalue weighted by Gasteiger charge is -2.09. The molecule has 2 N–H and O–H groups in total. The van der Waals surface area contributed by atoms with Gasteiger partial charge in [-0.1, -0.05) is 19.1 Å². The minimum absolute atomic E-state index is 0. The number of carbonyl (C=O) groups excluding carboxylic acids is 1. The maximum atomic E-state index is 12.0. The molecule has 2 aromatic rings. The van der Waals surface area contributed by atoms with E-state index in [4.69, 9.17) is 4.74 Å². The molecule has 3 rings (SSSR count). The molecule has 0 bridgehead atoms. The summed E-state index contributed by atoms with van der Waals surface area (Å²) in [6, 6.07) is 11.6. The number of ether oxygens (including phenoxy) is 1. The summed E-state index contributed by atoms with van der Waals surface area (Å²) >= 11 is 0. The van der Waals surface area contributed by atoms with Crippen molar-refractivity contribution in [1.82, 2.24) is 10.3 Å². The minimum Gasteiger partial charge on any atom is -0.439 e. The molecule has 5 nitrogen and oxygen atoms in total. The van der Waals surface area contributed by atoms with Crippen molar-refractivity contribution in [3.8, 4) is 11.6 Å². The average Bonchev–Trinajstić information content (AvgIpc) is 3.15. The third-order valence-corrected chi connectivity index (χ3v) is 4.49. The Hall–Kier alpha value is -1.82. The molecule has 27 heavy (non-hydrogen) atoms. The lowest BCUT2D eigenvalue weighted by atomic mass is 10.0. The fourth-order valence-electron chi connectivity index (χ4n) is 2.98. The van der Waals surface area contributed by atoms with Gasteiger partial charge < -0.3 is 15.4 Å². The molecular weight excluding hydrogens is 385 g/mol. The Labute approximate surface area is 173 Å². The zero-order valence-corrected chi connectivity index (χ0v) is 17.1. The lowest BCUT2D eigenvalue weighted by molar-refractivity contribution is -0.116. The third-order valence-electron chi connectivity index (χ3n) is 4.49. The van der Waals surface area contributed by atoms with Gasteiger partial charge in [0.15, 0.2) is 0 Å². The Morgan fingerprint density at radius 2 is 2.15 bits per heavy atom. The van der Waals surface area contributed by atoms with E-state index < -0.39 is 0 Å². The first-order chi connectivity index (χ1) is 12.2. The van der Waals surface area contributed by atoms with Gasteiger partial charge in [0.1, 0.15) is 5.75 Å². The Bertz CT molecular complexity index is 705. The predicted octanol–water partition coefficient (Wildman–Crippen LogP) is 4.61. The molecule has 1 aromatic heterocycles. The van der Waals surface area contributed by atoms with Gasteiger partial charge in [-0.25, -0.2) is 4.98 Å². The first-order valence-electron chi connectivity index (χ1n) is 8.96. The van der Waals surface area contributed by atoms with Gasteiger partial charge >= 0.3 is 0 Å². The molecule has 1 amide bonds. The molecule has 1 aliphatic rings. The van der Waals surface area contributed by atoms with Crippen molar-refractivity contribution >= 4 is 36.4 Å². The van der Waals surface area contributed by atoms with Crippen LogP contribution in [0.3, 0.4) is 0 Å². The number of nitrogens with zero attached hydrogens (tertiary/aromatic N) is 1. The molecule has 1 aromatic carbocycles. The van der Waals surface area contributed by atoms with Crippen LogP contribution in [0.1, 0.15) is 31.7 Å². The van der Waals surface area contributed by atoms with Gasteiger partial charge in [-0.05, 0) is 62.0 Å². The number of anilines is 1. The molecule has 1 unspecified atom stereocenters. The summed E-state index contributed by atoms with van der Waals surface area (Å²) in [6.45, 7) is 4.21. The van der Waals surface area contributed by atoms with Crippen LogP contribution in [0.5, 0.6) is 11.6 Å².